The number of pyridine rings is 1. The molecule has 0 aromatic carbocycles. The first kappa shape index (κ1) is 13.8. The van der Waals surface area contributed by atoms with Gasteiger partial charge in [0.25, 0.3) is 0 Å². The third-order valence-electron chi connectivity index (χ3n) is 2.41. The molecule has 0 fully saturated rings. The highest BCUT2D eigenvalue weighted by atomic mass is 16.5. The molecule has 0 saturated heterocycles. The molecule has 1 atom stereocenters. The van der Waals surface area contributed by atoms with Gasteiger partial charge in [0.05, 0.1) is 13.7 Å². The Labute approximate surface area is 103 Å². The molecule has 4 heteroatoms. The molecule has 0 aliphatic carbocycles. The molecule has 0 bridgehead atoms. The predicted octanol–water partition coefficient (Wildman–Crippen LogP) is 2.63. The molecule has 1 unspecified atom stereocenters. The molecular formula is C13H21NO3. The van der Waals surface area contributed by atoms with E-state index >= 15 is 0 Å². The van der Waals surface area contributed by atoms with Crippen molar-refractivity contribution in [1.82, 2.24) is 4.98 Å². The van der Waals surface area contributed by atoms with E-state index in [1.165, 1.54) is 0 Å². The van der Waals surface area contributed by atoms with E-state index in [0.29, 0.717) is 24.3 Å². The quantitative estimate of drug-likeness (QED) is 0.765. The number of ether oxygens (including phenoxy) is 3. The maximum atomic E-state index is 5.77. The number of rotatable bonds is 6. The summed E-state index contributed by atoms with van der Waals surface area (Å²) in [6.07, 6.45) is -0.0305. The lowest BCUT2D eigenvalue weighted by Crippen LogP contribution is -2.19. The first-order valence-corrected chi connectivity index (χ1v) is 5.79. The molecule has 96 valence electrons. The monoisotopic (exact) mass is 239 g/mol. The van der Waals surface area contributed by atoms with Gasteiger partial charge in [-0.3, -0.25) is 0 Å². The first-order valence-electron chi connectivity index (χ1n) is 5.79. The summed E-state index contributed by atoms with van der Waals surface area (Å²) in [7, 11) is 3.25. The van der Waals surface area contributed by atoms with E-state index in [2.05, 4.69) is 18.8 Å². The Balaban J connectivity index is 2.92. The van der Waals surface area contributed by atoms with Gasteiger partial charge in [0.1, 0.15) is 6.10 Å². The zero-order valence-corrected chi connectivity index (χ0v) is 11.2. The summed E-state index contributed by atoms with van der Waals surface area (Å²) in [5.74, 6) is 1.55. The average Bonchev–Trinajstić information content (AvgIpc) is 2.28. The Hall–Kier alpha value is -1.29. The Morgan fingerprint density at radius 3 is 2.41 bits per heavy atom. The Bertz CT molecular complexity index is 353. The van der Waals surface area contributed by atoms with Crippen molar-refractivity contribution in [3.05, 3.63) is 17.7 Å². The summed E-state index contributed by atoms with van der Waals surface area (Å²) >= 11 is 0. The summed E-state index contributed by atoms with van der Waals surface area (Å²) in [5, 5.41) is 0. The van der Waals surface area contributed by atoms with Crippen molar-refractivity contribution in [1.29, 1.82) is 0 Å². The van der Waals surface area contributed by atoms with Gasteiger partial charge in [-0.15, -0.1) is 0 Å². The highest BCUT2D eigenvalue weighted by molar-refractivity contribution is 5.33. The van der Waals surface area contributed by atoms with Crippen molar-refractivity contribution in [2.24, 2.45) is 0 Å². The van der Waals surface area contributed by atoms with Gasteiger partial charge in [-0.1, -0.05) is 13.8 Å². The Morgan fingerprint density at radius 1 is 1.18 bits per heavy atom. The van der Waals surface area contributed by atoms with Crippen LogP contribution >= 0.6 is 0 Å². The van der Waals surface area contributed by atoms with Crippen LogP contribution in [0, 0.1) is 0 Å². The van der Waals surface area contributed by atoms with Crippen LogP contribution in [0.2, 0.25) is 0 Å². The first-order chi connectivity index (χ1) is 8.08. The SMILES string of the molecule is COCC(C)Oc1nc(OC)ccc1C(C)C. The highest BCUT2D eigenvalue weighted by Gasteiger charge is 2.13. The fraction of sp³-hybridized carbons (Fsp3) is 0.615. The van der Waals surface area contributed by atoms with E-state index in [9.17, 15) is 0 Å². The maximum Gasteiger partial charge on any atom is 0.220 e. The zero-order valence-electron chi connectivity index (χ0n) is 11.2. The van der Waals surface area contributed by atoms with Gasteiger partial charge in [0.15, 0.2) is 0 Å². The predicted molar refractivity (Wildman–Crippen MR) is 66.8 cm³/mol. The van der Waals surface area contributed by atoms with Crippen molar-refractivity contribution >= 4 is 0 Å². The minimum absolute atomic E-state index is 0.0305. The fourth-order valence-electron chi connectivity index (χ4n) is 1.54. The minimum Gasteiger partial charge on any atom is -0.481 e. The molecule has 0 aliphatic heterocycles. The topological polar surface area (TPSA) is 40.6 Å². The maximum absolute atomic E-state index is 5.77. The molecule has 1 heterocycles. The summed E-state index contributed by atoms with van der Waals surface area (Å²) in [4.78, 5) is 4.33. The van der Waals surface area contributed by atoms with Gasteiger partial charge >= 0.3 is 0 Å². The third-order valence-corrected chi connectivity index (χ3v) is 2.41. The molecule has 17 heavy (non-hydrogen) atoms. The Kier molecular flexibility index (Phi) is 5.22. The molecule has 1 aromatic heterocycles. The van der Waals surface area contributed by atoms with Crippen LogP contribution < -0.4 is 9.47 Å². The normalized spacial score (nSPS) is 12.6. The van der Waals surface area contributed by atoms with Crippen LogP contribution in [0.15, 0.2) is 12.1 Å². The standard InChI is InChI=1S/C13H21NO3/c1-9(2)11-6-7-12(16-5)14-13(11)17-10(3)8-15-4/h6-7,9-10H,8H2,1-5H3. The minimum atomic E-state index is -0.0305. The molecule has 1 aromatic rings. The number of methoxy groups -OCH3 is 2. The Morgan fingerprint density at radius 2 is 1.88 bits per heavy atom. The van der Waals surface area contributed by atoms with Crippen molar-refractivity contribution in [3.63, 3.8) is 0 Å². The molecule has 4 nitrogen and oxygen atoms in total. The van der Waals surface area contributed by atoms with Crippen molar-refractivity contribution < 1.29 is 14.2 Å². The molecule has 1 rings (SSSR count). The molecular weight excluding hydrogens is 218 g/mol. The second-order valence-electron chi connectivity index (χ2n) is 4.29. The largest absolute Gasteiger partial charge is 0.481 e. The van der Waals surface area contributed by atoms with Gasteiger partial charge in [-0.25, -0.2) is 0 Å². The van der Waals surface area contributed by atoms with Crippen molar-refractivity contribution in [2.45, 2.75) is 32.8 Å². The van der Waals surface area contributed by atoms with E-state index in [4.69, 9.17) is 14.2 Å². The highest BCUT2D eigenvalue weighted by Crippen LogP contribution is 2.27. The smallest absolute Gasteiger partial charge is 0.220 e. The zero-order chi connectivity index (χ0) is 12.8. The number of nitrogens with zero attached hydrogens (tertiary/aromatic N) is 1. The van der Waals surface area contributed by atoms with Gasteiger partial charge < -0.3 is 14.2 Å². The second-order valence-corrected chi connectivity index (χ2v) is 4.29. The van der Waals surface area contributed by atoms with E-state index in [1.54, 1.807) is 14.2 Å². The third kappa shape index (κ3) is 3.89. The van der Waals surface area contributed by atoms with E-state index in [1.807, 2.05) is 19.1 Å². The molecule has 0 amide bonds. The molecule has 0 aliphatic rings. The lowest BCUT2D eigenvalue weighted by Gasteiger charge is -2.17. The molecule has 0 N–H and O–H groups in total. The van der Waals surface area contributed by atoms with Crippen LogP contribution in [0.25, 0.3) is 0 Å². The van der Waals surface area contributed by atoms with Crippen LogP contribution in [-0.2, 0) is 4.74 Å². The number of hydrogen-bond donors (Lipinski definition) is 0. The van der Waals surface area contributed by atoms with Crippen LogP contribution in [0.5, 0.6) is 11.8 Å². The number of aromatic nitrogens is 1. The van der Waals surface area contributed by atoms with E-state index in [0.717, 1.165) is 5.56 Å². The molecule has 0 saturated carbocycles. The summed E-state index contributed by atoms with van der Waals surface area (Å²) < 4.78 is 15.9. The average molecular weight is 239 g/mol. The molecule has 0 radical (unpaired) electrons. The van der Waals surface area contributed by atoms with Crippen LogP contribution in [0.4, 0.5) is 0 Å². The van der Waals surface area contributed by atoms with Gasteiger partial charge in [0.2, 0.25) is 11.8 Å². The summed E-state index contributed by atoms with van der Waals surface area (Å²) in [5.41, 5.74) is 1.08. The lowest BCUT2D eigenvalue weighted by molar-refractivity contribution is 0.0876. The van der Waals surface area contributed by atoms with Crippen LogP contribution in [0.1, 0.15) is 32.3 Å². The van der Waals surface area contributed by atoms with E-state index in [-0.39, 0.29) is 6.10 Å². The van der Waals surface area contributed by atoms with Gasteiger partial charge in [-0.2, -0.15) is 4.98 Å². The fourth-order valence-corrected chi connectivity index (χ4v) is 1.54. The summed E-state index contributed by atoms with van der Waals surface area (Å²) in [6, 6.07) is 3.84. The van der Waals surface area contributed by atoms with Crippen LogP contribution in [0.3, 0.4) is 0 Å². The lowest BCUT2D eigenvalue weighted by atomic mass is 10.1. The molecule has 0 spiro atoms. The van der Waals surface area contributed by atoms with E-state index < -0.39 is 0 Å². The van der Waals surface area contributed by atoms with Crippen molar-refractivity contribution in [2.75, 3.05) is 20.8 Å². The summed E-state index contributed by atoms with van der Waals surface area (Å²) in [6.45, 7) is 6.71. The van der Waals surface area contributed by atoms with Crippen molar-refractivity contribution in [3.8, 4) is 11.8 Å². The number of hydrogen-bond acceptors (Lipinski definition) is 4. The van der Waals surface area contributed by atoms with Gasteiger partial charge in [0, 0.05) is 18.7 Å². The second kappa shape index (κ2) is 6.45. The van der Waals surface area contributed by atoms with Crippen LogP contribution in [-0.4, -0.2) is 31.9 Å². The van der Waals surface area contributed by atoms with Gasteiger partial charge in [-0.05, 0) is 18.9 Å².